The van der Waals surface area contributed by atoms with Crippen molar-refractivity contribution in [1.82, 2.24) is 20.0 Å². The van der Waals surface area contributed by atoms with Crippen molar-refractivity contribution in [2.24, 2.45) is 5.10 Å². The van der Waals surface area contributed by atoms with E-state index in [0.29, 0.717) is 5.16 Å². The van der Waals surface area contributed by atoms with E-state index in [0.717, 1.165) is 34.0 Å². The molecule has 0 unspecified atom stereocenters. The molecule has 0 aliphatic carbocycles. The Balaban J connectivity index is 1.65. The minimum absolute atomic E-state index is 0.192. The van der Waals surface area contributed by atoms with Gasteiger partial charge in [0.25, 0.3) is 5.91 Å². The molecule has 3 aromatic rings. The first kappa shape index (κ1) is 21.8. The SMILES string of the molecule is Cc1cc(C)cc(-n2c(C)cc(/C=N\NC(=O)CSc3nc(C)cc(C)n3)c2C)c1. The normalized spacial score (nSPS) is 11.3. The van der Waals surface area contributed by atoms with Gasteiger partial charge in [0, 0.05) is 34.0 Å². The van der Waals surface area contributed by atoms with Gasteiger partial charge >= 0.3 is 0 Å². The van der Waals surface area contributed by atoms with Crippen LogP contribution >= 0.6 is 11.8 Å². The van der Waals surface area contributed by atoms with E-state index in [4.69, 9.17) is 0 Å². The van der Waals surface area contributed by atoms with E-state index in [9.17, 15) is 4.79 Å². The van der Waals surface area contributed by atoms with Crippen LogP contribution in [0.1, 0.15) is 39.5 Å². The summed E-state index contributed by atoms with van der Waals surface area (Å²) in [5.74, 6) is 0.0177. The molecule has 0 saturated carbocycles. The topological polar surface area (TPSA) is 72.2 Å². The Bertz CT molecular complexity index is 1080. The van der Waals surface area contributed by atoms with Gasteiger partial charge in [-0.15, -0.1) is 0 Å². The summed E-state index contributed by atoms with van der Waals surface area (Å²) < 4.78 is 2.20. The molecule has 1 N–H and O–H groups in total. The van der Waals surface area contributed by atoms with Gasteiger partial charge in [-0.3, -0.25) is 4.79 Å². The van der Waals surface area contributed by atoms with E-state index in [-0.39, 0.29) is 11.7 Å². The zero-order valence-electron chi connectivity index (χ0n) is 18.3. The fraction of sp³-hybridized carbons (Fsp3) is 0.304. The van der Waals surface area contributed by atoms with Gasteiger partial charge in [-0.05, 0) is 76.9 Å². The van der Waals surface area contributed by atoms with Crippen LogP contribution in [0.25, 0.3) is 5.69 Å². The number of aryl methyl sites for hydroxylation is 5. The number of nitrogens with one attached hydrogen (secondary N) is 1. The lowest BCUT2D eigenvalue weighted by molar-refractivity contribution is -0.118. The fourth-order valence-electron chi connectivity index (χ4n) is 3.49. The number of amides is 1. The zero-order valence-corrected chi connectivity index (χ0v) is 19.1. The Morgan fingerprint density at radius 1 is 1.00 bits per heavy atom. The second-order valence-corrected chi connectivity index (χ2v) is 8.47. The lowest BCUT2D eigenvalue weighted by Crippen LogP contribution is -2.19. The third-order valence-electron chi connectivity index (χ3n) is 4.62. The minimum Gasteiger partial charge on any atom is -0.318 e. The van der Waals surface area contributed by atoms with Gasteiger partial charge in [0.15, 0.2) is 5.16 Å². The summed E-state index contributed by atoms with van der Waals surface area (Å²) in [6.45, 7) is 12.2. The summed E-state index contributed by atoms with van der Waals surface area (Å²) in [6, 6.07) is 10.5. The van der Waals surface area contributed by atoms with E-state index >= 15 is 0 Å². The van der Waals surface area contributed by atoms with Crippen molar-refractivity contribution >= 4 is 23.9 Å². The maximum absolute atomic E-state index is 12.1. The summed E-state index contributed by atoms with van der Waals surface area (Å²) in [7, 11) is 0. The molecule has 0 aliphatic heterocycles. The first-order valence-electron chi connectivity index (χ1n) is 9.77. The highest BCUT2D eigenvalue weighted by Gasteiger charge is 2.11. The molecule has 2 heterocycles. The van der Waals surface area contributed by atoms with E-state index in [2.05, 4.69) is 77.0 Å². The average molecular weight is 422 g/mol. The Labute approximate surface area is 181 Å². The number of carbonyl (C=O) groups excluding carboxylic acids is 1. The van der Waals surface area contributed by atoms with Gasteiger partial charge in [0.1, 0.15) is 0 Å². The second kappa shape index (κ2) is 9.26. The number of aromatic nitrogens is 3. The highest BCUT2D eigenvalue weighted by Crippen LogP contribution is 2.22. The zero-order chi connectivity index (χ0) is 21.8. The molecule has 0 spiro atoms. The van der Waals surface area contributed by atoms with E-state index in [1.165, 1.54) is 22.9 Å². The molecule has 156 valence electrons. The first-order chi connectivity index (χ1) is 14.2. The Morgan fingerprint density at radius 2 is 1.63 bits per heavy atom. The standard InChI is InChI=1S/C23H27N5OS/c1-14-7-15(2)9-21(8-14)28-18(5)11-20(19(28)6)12-24-27-22(29)13-30-23-25-16(3)10-17(4)26-23/h7-12H,13H2,1-6H3,(H,27,29)/b24-12-. The summed E-state index contributed by atoms with van der Waals surface area (Å²) in [5.41, 5.74) is 11.1. The molecule has 0 fully saturated rings. The Kier molecular flexibility index (Phi) is 6.72. The Morgan fingerprint density at radius 3 is 2.27 bits per heavy atom. The molecule has 2 aromatic heterocycles. The van der Waals surface area contributed by atoms with Crippen LogP contribution in [0.15, 0.2) is 40.6 Å². The van der Waals surface area contributed by atoms with Gasteiger partial charge in [0.2, 0.25) is 0 Å². The number of hydrazone groups is 1. The van der Waals surface area contributed by atoms with E-state index in [1.807, 2.05) is 19.9 Å². The largest absolute Gasteiger partial charge is 0.318 e. The third kappa shape index (κ3) is 5.36. The molecule has 3 rings (SSSR count). The van der Waals surface area contributed by atoms with Crippen molar-refractivity contribution in [1.29, 1.82) is 0 Å². The van der Waals surface area contributed by atoms with Gasteiger partial charge in [0.05, 0.1) is 12.0 Å². The van der Waals surface area contributed by atoms with Crippen LogP contribution < -0.4 is 5.43 Å². The molecular formula is C23H27N5OS. The predicted octanol–water partition coefficient (Wildman–Crippen LogP) is 4.36. The summed E-state index contributed by atoms with van der Waals surface area (Å²) >= 11 is 1.30. The minimum atomic E-state index is -0.192. The van der Waals surface area contributed by atoms with Crippen LogP contribution in [-0.4, -0.2) is 32.4 Å². The second-order valence-electron chi connectivity index (χ2n) is 7.52. The van der Waals surface area contributed by atoms with Crippen molar-refractivity contribution in [3.63, 3.8) is 0 Å². The van der Waals surface area contributed by atoms with Crippen molar-refractivity contribution in [3.05, 3.63) is 69.8 Å². The highest BCUT2D eigenvalue weighted by molar-refractivity contribution is 7.99. The molecular weight excluding hydrogens is 394 g/mol. The number of hydrogen-bond acceptors (Lipinski definition) is 5. The molecule has 7 heteroatoms. The molecule has 1 amide bonds. The monoisotopic (exact) mass is 421 g/mol. The number of benzene rings is 1. The van der Waals surface area contributed by atoms with Crippen LogP contribution in [0, 0.1) is 41.5 Å². The third-order valence-corrected chi connectivity index (χ3v) is 5.47. The highest BCUT2D eigenvalue weighted by atomic mass is 32.2. The molecule has 0 atom stereocenters. The van der Waals surface area contributed by atoms with Crippen molar-refractivity contribution < 1.29 is 4.79 Å². The van der Waals surface area contributed by atoms with Crippen LogP contribution in [-0.2, 0) is 4.79 Å². The molecule has 0 bridgehead atoms. The van der Waals surface area contributed by atoms with Gasteiger partial charge in [-0.2, -0.15) is 5.10 Å². The molecule has 0 radical (unpaired) electrons. The van der Waals surface area contributed by atoms with Crippen molar-refractivity contribution in [3.8, 4) is 5.69 Å². The van der Waals surface area contributed by atoms with E-state index in [1.54, 1.807) is 6.21 Å². The summed E-state index contributed by atoms with van der Waals surface area (Å²) in [6.07, 6.45) is 1.69. The van der Waals surface area contributed by atoms with E-state index < -0.39 is 0 Å². The van der Waals surface area contributed by atoms with Crippen LogP contribution in [0.3, 0.4) is 0 Å². The van der Waals surface area contributed by atoms with Gasteiger partial charge in [-0.25, -0.2) is 15.4 Å². The first-order valence-corrected chi connectivity index (χ1v) is 10.8. The predicted molar refractivity (Wildman–Crippen MR) is 123 cm³/mol. The number of rotatable bonds is 6. The smallest absolute Gasteiger partial charge is 0.250 e. The number of nitrogens with zero attached hydrogens (tertiary/aromatic N) is 4. The molecule has 30 heavy (non-hydrogen) atoms. The maximum atomic E-state index is 12.1. The van der Waals surface area contributed by atoms with Crippen molar-refractivity contribution in [2.45, 2.75) is 46.7 Å². The van der Waals surface area contributed by atoms with Crippen LogP contribution in [0.2, 0.25) is 0 Å². The quantitative estimate of drug-likeness (QED) is 0.278. The van der Waals surface area contributed by atoms with Crippen LogP contribution in [0.5, 0.6) is 0 Å². The number of thioether (sulfide) groups is 1. The molecule has 0 aliphatic rings. The molecule has 0 saturated heterocycles. The summed E-state index contributed by atoms with van der Waals surface area (Å²) in [5, 5.41) is 4.74. The Hall–Kier alpha value is -2.93. The van der Waals surface area contributed by atoms with Gasteiger partial charge < -0.3 is 4.57 Å². The lowest BCUT2D eigenvalue weighted by Gasteiger charge is -2.11. The molecule has 6 nitrogen and oxygen atoms in total. The lowest BCUT2D eigenvalue weighted by atomic mass is 10.1. The number of hydrogen-bond donors (Lipinski definition) is 1. The maximum Gasteiger partial charge on any atom is 0.250 e. The molecule has 1 aromatic carbocycles. The van der Waals surface area contributed by atoms with Crippen molar-refractivity contribution in [2.75, 3.05) is 5.75 Å². The fourth-order valence-corrected chi connectivity index (χ4v) is 4.23. The van der Waals surface area contributed by atoms with Crippen LogP contribution in [0.4, 0.5) is 0 Å². The van der Waals surface area contributed by atoms with Gasteiger partial charge in [-0.1, -0.05) is 17.8 Å². The number of carbonyl (C=O) groups is 1. The summed E-state index contributed by atoms with van der Waals surface area (Å²) in [4.78, 5) is 20.8. The average Bonchev–Trinajstić information content (AvgIpc) is 2.92.